The molecular weight excluding hydrogens is 262 g/mol. The average Bonchev–Trinajstić information content (AvgIpc) is 2.93. The van der Waals surface area contributed by atoms with Crippen LogP contribution in [0.25, 0.3) is 22.0 Å². The van der Waals surface area contributed by atoms with Crippen LogP contribution in [0, 0.1) is 13.8 Å². The monoisotopic (exact) mass is 279 g/mol. The van der Waals surface area contributed by atoms with Crippen LogP contribution in [0.15, 0.2) is 42.5 Å². The lowest BCUT2D eigenvalue weighted by Gasteiger charge is -2.06. The number of hydrogen-bond donors (Lipinski definition) is 1. The van der Waals surface area contributed by atoms with Crippen molar-refractivity contribution >= 4 is 16.9 Å². The summed E-state index contributed by atoms with van der Waals surface area (Å²) in [6, 6.07) is 14.1. The smallest absolute Gasteiger partial charge is 0.355 e. The maximum Gasteiger partial charge on any atom is 0.355 e. The van der Waals surface area contributed by atoms with Gasteiger partial charge >= 0.3 is 5.97 Å². The van der Waals surface area contributed by atoms with Gasteiger partial charge in [-0.3, -0.25) is 0 Å². The van der Waals surface area contributed by atoms with Gasteiger partial charge in [-0.15, -0.1) is 0 Å². The maximum atomic E-state index is 12.1. The Morgan fingerprint density at radius 1 is 1.00 bits per heavy atom. The Labute approximate surface area is 123 Å². The number of ether oxygens (including phenoxy) is 1. The number of carbonyl (C=O) groups excluding carboxylic acids is 1. The first-order valence-electron chi connectivity index (χ1n) is 6.89. The van der Waals surface area contributed by atoms with Crippen LogP contribution in [0.3, 0.4) is 0 Å². The van der Waals surface area contributed by atoms with E-state index in [-0.39, 0.29) is 5.97 Å². The highest BCUT2D eigenvalue weighted by Crippen LogP contribution is 2.36. The van der Waals surface area contributed by atoms with Gasteiger partial charge in [0.2, 0.25) is 0 Å². The summed E-state index contributed by atoms with van der Waals surface area (Å²) in [7, 11) is 1.41. The zero-order chi connectivity index (χ0) is 15.0. The summed E-state index contributed by atoms with van der Waals surface area (Å²) >= 11 is 0. The van der Waals surface area contributed by atoms with Crippen LogP contribution in [-0.4, -0.2) is 18.1 Å². The van der Waals surface area contributed by atoms with Gasteiger partial charge in [-0.05, 0) is 30.5 Å². The second kappa shape index (κ2) is 5.09. The fourth-order valence-electron chi connectivity index (χ4n) is 2.76. The van der Waals surface area contributed by atoms with E-state index in [0.29, 0.717) is 5.69 Å². The molecule has 21 heavy (non-hydrogen) atoms. The number of rotatable bonds is 2. The molecule has 0 aliphatic rings. The van der Waals surface area contributed by atoms with Crippen LogP contribution in [0.5, 0.6) is 0 Å². The van der Waals surface area contributed by atoms with E-state index in [9.17, 15) is 4.79 Å². The molecule has 0 radical (unpaired) electrons. The molecule has 106 valence electrons. The van der Waals surface area contributed by atoms with Crippen molar-refractivity contribution in [3.8, 4) is 11.1 Å². The van der Waals surface area contributed by atoms with Gasteiger partial charge in [0.15, 0.2) is 0 Å². The molecule has 1 N–H and O–H groups in total. The van der Waals surface area contributed by atoms with Crippen molar-refractivity contribution < 1.29 is 9.53 Å². The largest absolute Gasteiger partial charge is 0.464 e. The molecule has 3 aromatic rings. The fourth-order valence-corrected chi connectivity index (χ4v) is 2.76. The van der Waals surface area contributed by atoms with Crippen LogP contribution in [0.1, 0.15) is 21.6 Å². The van der Waals surface area contributed by atoms with Gasteiger partial charge < -0.3 is 9.72 Å². The Hall–Kier alpha value is -2.55. The van der Waals surface area contributed by atoms with Gasteiger partial charge in [0.25, 0.3) is 0 Å². The van der Waals surface area contributed by atoms with Crippen molar-refractivity contribution in [2.45, 2.75) is 13.8 Å². The summed E-state index contributed by atoms with van der Waals surface area (Å²) in [6.45, 7) is 4.09. The molecule has 0 aliphatic heterocycles. The second-order valence-corrected chi connectivity index (χ2v) is 5.18. The average molecular weight is 279 g/mol. The van der Waals surface area contributed by atoms with E-state index in [4.69, 9.17) is 4.74 Å². The van der Waals surface area contributed by atoms with Gasteiger partial charge in [0, 0.05) is 16.5 Å². The highest BCUT2D eigenvalue weighted by atomic mass is 16.5. The second-order valence-electron chi connectivity index (χ2n) is 5.18. The van der Waals surface area contributed by atoms with Crippen molar-refractivity contribution in [2.24, 2.45) is 0 Å². The van der Waals surface area contributed by atoms with Gasteiger partial charge in [0.05, 0.1) is 7.11 Å². The van der Waals surface area contributed by atoms with E-state index in [1.165, 1.54) is 7.11 Å². The van der Waals surface area contributed by atoms with Crippen molar-refractivity contribution in [2.75, 3.05) is 7.11 Å². The number of H-pyrrole nitrogens is 1. The predicted octanol–water partition coefficient (Wildman–Crippen LogP) is 4.24. The molecule has 0 unspecified atom stereocenters. The fraction of sp³-hybridized carbons (Fsp3) is 0.167. The topological polar surface area (TPSA) is 42.1 Å². The van der Waals surface area contributed by atoms with Gasteiger partial charge in [0.1, 0.15) is 5.69 Å². The minimum absolute atomic E-state index is 0.344. The Bertz CT molecular complexity index is 816. The standard InChI is InChI=1S/C18H17NO2/c1-11-9-10-12(2)16-14(11)15(13-7-5-4-6-8-13)17(19-16)18(20)21-3/h4-10,19H,1-3H3. The van der Waals surface area contributed by atoms with Crippen molar-refractivity contribution in [3.63, 3.8) is 0 Å². The van der Waals surface area contributed by atoms with E-state index in [1.807, 2.05) is 37.3 Å². The summed E-state index contributed by atoms with van der Waals surface area (Å²) in [5.41, 5.74) is 5.69. The van der Waals surface area contributed by atoms with Crippen molar-refractivity contribution in [3.05, 3.63) is 59.3 Å². The molecule has 0 spiro atoms. The Morgan fingerprint density at radius 2 is 1.67 bits per heavy atom. The lowest BCUT2D eigenvalue weighted by molar-refractivity contribution is 0.0596. The number of fused-ring (bicyclic) bond motifs is 1. The zero-order valence-corrected chi connectivity index (χ0v) is 12.4. The number of esters is 1. The zero-order valence-electron chi connectivity index (χ0n) is 12.4. The van der Waals surface area contributed by atoms with Crippen molar-refractivity contribution in [1.29, 1.82) is 0 Å². The van der Waals surface area contributed by atoms with E-state index in [2.05, 4.69) is 24.0 Å². The number of methoxy groups -OCH3 is 1. The van der Waals surface area contributed by atoms with Crippen LogP contribution in [0.2, 0.25) is 0 Å². The first-order valence-corrected chi connectivity index (χ1v) is 6.89. The molecule has 2 aromatic carbocycles. The first-order chi connectivity index (χ1) is 10.1. The molecule has 3 rings (SSSR count). The third-order valence-electron chi connectivity index (χ3n) is 3.82. The van der Waals surface area contributed by atoms with E-state index in [1.54, 1.807) is 0 Å². The molecule has 0 aliphatic carbocycles. The van der Waals surface area contributed by atoms with Crippen molar-refractivity contribution in [1.82, 2.24) is 4.98 Å². The highest BCUT2D eigenvalue weighted by molar-refractivity contribution is 6.09. The van der Waals surface area contributed by atoms with Crippen LogP contribution < -0.4 is 0 Å². The Balaban J connectivity index is 2.44. The molecule has 3 heteroatoms. The van der Waals surface area contributed by atoms with Gasteiger partial charge in [-0.25, -0.2) is 4.79 Å². The number of aromatic amines is 1. The molecule has 0 saturated carbocycles. The molecule has 0 amide bonds. The third-order valence-corrected chi connectivity index (χ3v) is 3.82. The molecule has 0 fully saturated rings. The quantitative estimate of drug-likeness (QED) is 0.713. The Kier molecular flexibility index (Phi) is 3.26. The minimum Gasteiger partial charge on any atom is -0.464 e. The highest BCUT2D eigenvalue weighted by Gasteiger charge is 2.21. The molecular formula is C18H17NO2. The summed E-state index contributed by atoms with van der Waals surface area (Å²) in [5.74, 6) is -0.344. The molecule has 1 aromatic heterocycles. The number of carbonyl (C=O) groups is 1. The van der Waals surface area contributed by atoms with E-state index < -0.39 is 0 Å². The van der Waals surface area contributed by atoms with Crippen LogP contribution >= 0.6 is 0 Å². The number of nitrogens with one attached hydrogen (secondary N) is 1. The van der Waals surface area contributed by atoms with Gasteiger partial charge in [-0.2, -0.15) is 0 Å². The van der Waals surface area contributed by atoms with E-state index >= 15 is 0 Å². The maximum absolute atomic E-state index is 12.1. The molecule has 0 bridgehead atoms. The lowest BCUT2D eigenvalue weighted by Crippen LogP contribution is -2.03. The number of hydrogen-bond acceptors (Lipinski definition) is 2. The third kappa shape index (κ3) is 2.11. The minimum atomic E-state index is -0.344. The number of benzene rings is 2. The molecule has 1 heterocycles. The SMILES string of the molecule is COC(=O)c1[nH]c2c(C)ccc(C)c2c1-c1ccccc1. The number of aryl methyl sites for hydroxylation is 2. The van der Waals surface area contributed by atoms with Crippen LogP contribution in [-0.2, 0) is 4.74 Å². The van der Waals surface area contributed by atoms with E-state index in [0.717, 1.165) is 33.2 Å². The number of aromatic nitrogens is 1. The Morgan fingerprint density at radius 3 is 2.33 bits per heavy atom. The first kappa shape index (κ1) is 13.4. The summed E-state index contributed by atoms with van der Waals surface area (Å²) < 4.78 is 4.94. The van der Waals surface area contributed by atoms with Gasteiger partial charge in [-0.1, -0.05) is 42.5 Å². The molecule has 0 atom stereocenters. The summed E-state index contributed by atoms with van der Waals surface area (Å²) in [6.07, 6.45) is 0. The normalized spacial score (nSPS) is 10.8. The van der Waals surface area contributed by atoms with Crippen LogP contribution in [0.4, 0.5) is 0 Å². The predicted molar refractivity (Wildman–Crippen MR) is 84.5 cm³/mol. The molecule has 3 nitrogen and oxygen atoms in total. The molecule has 0 saturated heterocycles. The summed E-state index contributed by atoms with van der Waals surface area (Å²) in [4.78, 5) is 15.4. The lowest BCUT2D eigenvalue weighted by atomic mass is 9.97. The summed E-state index contributed by atoms with van der Waals surface area (Å²) in [5, 5.41) is 1.08.